The third kappa shape index (κ3) is 2.91. The maximum Gasteiger partial charge on any atom is 0.416 e. The van der Waals surface area contributed by atoms with Crippen LogP contribution < -0.4 is 4.74 Å². The highest BCUT2D eigenvalue weighted by Crippen LogP contribution is 2.30. The summed E-state index contributed by atoms with van der Waals surface area (Å²) in [6.07, 6.45) is -4.28. The van der Waals surface area contributed by atoms with Crippen LogP contribution in [0.4, 0.5) is 13.2 Å². The van der Waals surface area contributed by atoms with Gasteiger partial charge in [-0.05, 0) is 40.2 Å². The Morgan fingerprint density at radius 2 is 1.69 bits per heavy atom. The summed E-state index contributed by atoms with van der Waals surface area (Å²) in [5.41, 5.74) is -0.410. The highest BCUT2D eigenvalue weighted by atomic mass is 79.9. The average Bonchev–Trinajstić information content (AvgIpc) is 2.04. The fraction of sp³-hybridized carbons (Fsp3) is 0.250. The van der Waals surface area contributed by atoms with Crippen molar-refractivity contribution in [2.45, 2.75) is 6.18 Å². The maximum atomic E-state index is 12.1. The van der Waals surface area contributed by atoms with Crippen LogP contribution >= 0.6 is 15.9 Å². The topological polar surface area (TPSA) is 9.23 Å². The molecule has 1 aromatic rings. The summed E-state index contributed by atoms with van der Waals surface area (Å²) in [4.78, 5) is 0. The van der Waals surface area contributed by atoms with E-state index in [-0.39, 0.29) is 5.52 Å². The monoisotopic (exact) mass is 254 g/mol. The molecule has 0 bridgehead atoms. The van der Waals surface area contributed by atoms with E-state index in [1.54, 1.807) is 0 Å². The predicted molar refractivity (Wildman–Crippen MR) is 45.9 cm³/mol. The lowest BCUT2D eigenvalue weighted by atomic mass is 10.2. The highest BCUT2D eigenvalue weighted by molar-refractivity contribution is 9.09. The second-order valence-electron chi connectivity index (χ2n) is 2.28. The third-order valence-electron chi connectivity index (χ3n) is 1.40. The standard InChI is InChI=1S/C8H6BrF3O/c9-5-13-7-3-1-6(2-4-7)8(10,11)12/h1-4H,5H2. The molecular weight excluding hydrogens is 249 g/mol. The van der Waals surface area contributed by atoms with Gasteiger partial charge >= 0.3 is 6.18 Å². The molecule has 0 saturated heterocycles. The number of rotatable bonds is 2. The van der Waals surface area contributed by atoms with Gasteiger partial charge in [-0.3, -0.25) is 0 Å². The van der Waals surface area contributed by atoms with Crippen molar-refractivity contribution in [3.63, 3.8) is 0 Å². The van der Waals surface area contributed by atoms with Crippen molar-refractivity contribution in [1.29, 1.82) is 0 Å². The molecule has 0 spiro atoms. The van der Waals surface area contributed by atoms with E-state index in [0.717, 1.165) is 12.1 Å². The second kappa shape index (κ2) is 4.00. The highest BCUT2D eigenvalue weighted by Gasteiger charge is 2.29. The molecular formula is C8H6BrF3O. The molecule has 0 saturated carbocycles. The van der Waals surface area contributed by atoms with Crippen LogP contribution in [0, 0.1) is 0 Å². The molecule has 0 aliphatic carbocycles. The molecule has 0 N–H and O–H groups in total. The Hall–Kier alpha value is -0.710. The van der Waals surface area contributed by atoms with E-state index in [1.165, 1.54) is 12.1 Å². The molecule has 1 nitrogen and oxygen atoms in total. The van der Waals surface area contributed by atoms with E-state index in [1.807, 2.05) is 0 Å². The van der Waals surface area contributed by atoms with E-state index < -0.39 is 11.7 Å². The number of alkyl halides is 4. The molecule has 1 aromatic carbocycles. The summed E-state index contributed by atoms with van der Waals surface area (Å²) in [5.74, 6) is 0.407. The molecule has 0 aliphatic heterocycles. The van der Waals surface area contributed by atoms with Gasteiger partial charge in [-0.25, -0.2) is 0 Å². The first kappa shape index (κ1) is 10.4. The molecule has 72 valence electrons. The molecule has 0 fully saturated rings. The summed E-state index contributed by atoms with van der Waals surface area (Å²) in [7, 11) is 0. The largest absolute Gasteiger partial charge is 0.482 e. The van der Waals surface area contributed by atoms with E-state index in [9.17, 15) is 13.2 Å². The van der Waals surface area contributed by atoms with Gasteiger partial charge in [-0.1, -0.05) is 0 Å². The normalized spacial score (nSPS) is 11.4. The van der Waals surface area contributed by atoms with E-state index in [0.29, 0.717) is 5.75 Å². The van der Waals surface area contributed by atoms with Gasteiger partial charge in [0.05, 0.1) is 5.56 Å². The molecule has 0 radical (unpaired) electrons. The first-order chi connectivity index (χ1) is 6.04. The summed E-state index contributed by atoms with van der Waals surface area (Å²) in [6, 6.07) is 4.53. The zero-order chi connectivity index (χ0) is 9.90. The molecule has 0 unspecified atom stereocenters. The molecule has 0 aliphatic rings. The zero-order valence-electron chi connectivity index (χ0n) is 6.44. The lowest BCUT2D eigenvalue weighted by molar-refractivity contribution is -0.137. The molecule has 0 aromatic heterocycles. The number of hydrogen-bond acceptors (Lipinski definition) is 1. The van der Waals surface area contributed by atoms with Crippen molar-refractivity contribution in [3.8, 4) is 5.75 Å². The fourth-order valence-electron chi connectivity index (χ4n) is 0.803. The summed E-state index contributed by atoms with van der Waals surface area (Å²) in [5, 5.41) is 0. The van der Waals surface area contributed by atoms with Gasteiger partial charge in [0.1, 0.15) is 11.3 Å². The van der Waals surface area contributed by atoms with Crippen molar-refractivity contribution in [2.24, 2.45) is 0 Å². The quantitative estimate of drug-likeness (QED) is 0.735. The van der Waals surface area contributed by atoms with E-state index in [4.69, 9.17) is 4.74 Å². The lowest BCUT2D eigenvalue weighted by Gasteiger charge is -2.07. The van der Waals surface area contributed by atoms with Crippen LogP contribution in [0.5, 0.6) is 5.75 Å². The Morgan fingerprint density at radius 1 is 1.15 bits per heavy atom. The molecule has 5 heteroatoms. The van der Waals surface area contributed by atoms with Crippen molar-refractivity contribution in [1.82, 2.24) is 0 Å². The lowest BCUT2D eigenvalue weighted by Crippen LogP contribution is -2.04. The Bertz CT molecular complexity index is 268. The van der Waals surface area contributed by atoms with E-state index in [2.05, 4.69) is 15.9 Å². The minimum Gasteiger partial charge on any atom is -0.482 e. The van der Waals surface area contributed by atoms with Crippen molar-refractivity contribution < 1.29 is 17.9 Å². The van der Waals surface area contributed by atoms with Crippen LogP contribution in [0.15, 0.2) is 24.3 Å². The molecule has 0 amide bonds. The predicted octanol–water partition coefficient (Wildman–Crippen LogP) is 3.44. The van der Waals surface area contributed by atoms with Gasteiger partial charge in [-0.15, -0.1) is 0 Å². The average molecular weight is 255 g/mol. The van der Waals surface area contributed by atoms with Crippen molar-refractivity contribution in [3.05, 3.63) is 29.8 Å². The number of halogens is 4. The van der Waals surface area contributed by atoms with Crippen LogP contribution in [-0.2, 0) is 6.18 Å². The van der Waals surface area contributed by atoms with Crippen LogP contribution in [-0.4, -0.2) is 5.52 Å². The molecule has 0 heterocycles. The SMILES string of the molecule is FC(F)(F)c1ccc(OCBr)cc1. The summed E-state index contributed by atoms with van der Waals surface area (Å²) in [6.45, 7) is 0. The van der Waals surface area contributed by atoms with E-state index >= 15 is 0 Å². The van der Waals surface area contributed by atoms with Gasteiger partial charge < -0.3 is 4.74 Å². The summed E-state index contributed by atoms with van der Waals surface area (Å²) >= 11 is 3.00. The van der Waals surface area contributed by atoms with Crippen LogP contribution in [0.3, 0.4) is 0 Å². The fourth-order valence-corrected chi connectivity index (χ4v) is 1.07. The van der Waals surface area contributed by atoms with Gasteiger partial charge in [0.25, 0.3) is 0 Å². The van der Waals surface area contributed by atoms with Gasteiger partial charge in [0, 0.05) is 0 Å². The number of hydrogen-bond donors (Lipinski definition) is 0. The minimum absolute atomic E-state index is 0.262. The molecule has 13 heavy (non-hydrogen) atoms. The van der Waals surface area contributed by atoms with Crippen LogP contribution in [0.1, 0.15) is 5.56 Å². The number of ether oxygens (including phenoxy) is 1. The smallest absolute Gasteiger partial charge is 0.416 e. The Labute approximate surface area is 81.6 Å². The Morgan fingerprint density at radius 3 is 2.08 bits per heavy atom. The van der Waals surface area contributed by atoms with Gasteiger partial charge in [0.15, 0.2) is 0 Å². The number of benzene rings is 1. The summed E-state index contributed by atoms with van der Waals surface area (Å²) < 4.78 is 41.1. The van der Waals surface area contributed by atoms with Crippen molar-refractivity contribution in [2.75, 3.05) is 5.52 Å². The Balaban J connectivity index is 2.81. The van der Waals surface area contributed by atoms with Crippen molar-refractivity contribution >= 4 is 15.9 Å². The Kier molecular flexibility index (Phi) is 3.19. The first-order valence-electron chi connectivity index (χ1n) is 3.40. The second-order valence-corrected chi connectivity index (χ2v) is 2.73. The maximum absolute atomic E-state index is 12.1. The third-order valence-corrected chi connectivity index (χ3v) is 1.63. The van der Waals surface area contributed by atoms with Crippen LogP contribution in [0.25, 0.3) is 0 Å². The minimum atomic E-state index is -4.28. The van der Waals surface area contributed by atoms with Gasteiger partial charge in [-0.2, -0.15) is 13.2 Å². The van der Waals surface area contributed by atoms with Crippen LogP contribution in [0.2, 0.25) is 0 Å². The molecule has 1 rings (SSSR count). The van der Waals surface area contributed by atoms with Gasteiger partial charge in [0.2, 0.25) is 0 Å². The first-order valence-corrected chi connectivity index (χ1v) is 4.52. The zero-order valence-corrected chi connectivity index (χ0v) is 8.02. The molecule has 0 atom stereocenters.